The summed E-state index contributed by atoms with van der Waals surface area (Å²) in [4.78, 5) is 15.3. The van der Waals surface area contributed by atoms with Crippen LogP contribution in [0.25, 0.3) is 0 Å². The molecule has 0 aliphatic carbocycles. The molecular weight excluding hydrogens is 192 g/mol. The molecule has 2 amide bonds. The summed E-state index contributed by atoms with van der Waals surface area (Å²) in [6.07, 6.45) is 4.61. The first-order valence-electron chi connectivity index (χ1n) is 5.23. The van der Waals surface area contributed by atoms with Gasteiger partial charge in [-0.25, -0.2) is 9.78 Å². The van der Waals surface area contributed by atoms with Crippen LogP contribution in [0.4, 0.5) is 4.79 Å². The summed E-state index contributed by atoms with van der Waals surface area (Å²) in [5.74, 6) is 0.964. The quantitative estimate of drug-likeness (QED) is 0.758. The number of hydrogen-bond acceptors (Lipinski definition) is 2. The Kier molecular flexibility index (Phi) is 4.66. The molecule has 0 saturated heterocycles. The molecule has 0 aromatic carbocycles. The second kappa shape index (κ2) is 6.06. The van der Waals surface area contributed by atoms with E-state index in [1.807, 2.05) is 24.6 Å². The van der Waals surface area contributed by atoms with Crippen LogP contribution in [0.1, 0.15) is 19.2 Å². The summed E-state index contributed by atoms with van der Waals surface area (Å²) >= 11 is 0. The van der Waals surface area contributed by atoms with Crippen molar-refractivity contribution in [2.45, 2.75) is 26.8 Å². The lowest BCUT2D eigenvalue weighted by Gasteiger charge is -2.07. The molecule has 5 nitrogen and oxygen atoms in total. The van der Waals surface area contributed by atoms with Crippen molar-refractivity contribution in [1.82, 2.24) is 20.2 Å². The molecule has 0 fully saturated rings. The summed E-state index contributed by atoms with van der Waals surface area (Å²) in [6.45, 7) is 6.06. The highest BCUT2D eigenvalue weighted by atomic mass is 16.2. The van der Waals surface area contributed by atoms with Gasteiger partial charge in [0.15, 0.2) is 0 Å². The van der Waals surface area contributed by atoms with E-state index in [9.17, 15) is 4.79 Å². The molecule has 5 heteroatoms. The SMILES string of the molecule is CCCNC(=O)NCCn1ccnc1C. The van der Waals surface area contributed by atoms with E-state index < -0.39 is 0 Å². The van der Waals surface area contributed by atoms with Crippen molar-refractivity contribution in [3.63, 3.8) is 0 Å². The van der Waals surface area contributed by atoms with Crippen molar-refractivity contribution in [2.75, 3.05) is 13.1 Å². The maximum Gasteiger partial charge on any atom is 0.314 e. The first kappa shape index (κ1) is 11.6. The highest BCUT2D eigenvalue weighted by Gasteiger charge is 1.99. The first-order valence-corrected chi connectivity index (χ1v) is 5.23. The highest BCUT2D eigenvalue weighted by Crippen LogP contribution is 1.93. The standard InChI is InChI=1S/C10H18N4O/c1-3-4-12-10(15)13-6-8-14-7-5-11-9(14)2/h5,7H,3-4,6,8H2,1-2H3,(H2,12,13,15). The van der Waals surface area contributed by atoms with E-state index in [4.69, 9.17) is 0 Å². The fourth-order valence-electron chi connectivity index (χ4n) is 1.23. The molecule has 0 atom stereocenters. The molecule has 2 N–H and O–H groups in total. The number of urea groups is 1. The molecule has 0 saturated carbocycles. The van der Waals surface area contributed by atoms with Gasteiger partial charge in [0, 0.05) is 32.0 Å². The summed E-state index contributed by atoms with van der Waals surface area (Å²) in [5.41, 5.74) is 0. The van der Waals surface area contributed by atoms with E-state index in [1.54, 1.807) is 6.20 Å². The molecule has 15 heavy (non-hydrogen) atoms. The van der Waals surface area contributed by atoms with E-state index in [0.29, 0.717) is 6.54 Å². The van der Waals surface area contributed by atoms with Gasteiger partial charge in [-0.3, -0.25) is 0 Å². The lowest BCUT2D eigenvalue weighted by atomic mass is 10.5. The minimum Gasteiger partial charge on any atom is -0.338 e. The molecule has 0 unspecified atom stereocenters. The highest BCUT2D eigenvalue weighted by molar-refractivity contribution is 5.73. The Morgan fingerprint density at radius 2 is 2.20 bits per heavy atom. The van der Waals surface area contributed by atoms with Gasteiger partial charge in [-0.15, -0.1) is 0 Å². The van der Waals surface area contributed by atoms with Gasteiger partial charge < -0.3 is 15.2 Å². The largest absolute Gasteiger partial charge is 0.338 e. The number of carbonyl (C=O) groups is 1. The monoisotopic (exact) mass is 210 g/mol. The minimum atomic E-state index is -0.102. The van der Waals surface area contributed by atoms with Crippen molar-refractivity contribution in [3.05, 3.63) is 18.2 Å². The van der Waals surface area contributed by atoms with E-state index in [0.717, 1.165) is 25.3 Å². The zero-order chi connectivity index (χ0) is 11.1. The van der Waals surface area contributed by atoms with Crippen LogP contribution in [-0.4, -0.2) is 28.7 Å². The van der Waals surface area contributed by atoms with Crippen molar-refractivity contribution in [2.24, 2.45) is 0 Å². The minimum absolute atomic E-state index is 0.102. The number of nitrogens with zero attached hydrogens (tertiary/aromatic N) is 2. The Hall–Kier alpha value is -1.52. The lowest BCUT2D eigenvalue weighted by molar-refractivity contribution is 0.240. The third kappa shape index (κ3) is 4.01. The smallest absolute Gasteiger partial charge is 0.314 e. The van der Waals surface area contributed by atoms with Crippen LogP contribution < -0.4 is 10.6 Å². The molecule has 84 valence electrons. The van der Waals surface area contributed by atoms with Gasteiger partial charge in [0.25, 0.3) is 0 Å². The molecule has 0 aliphatic rings. The number of aromatic nitrogens is 2. The van der Waals surface area contributed by atoms with Crippen LogP contribution in [0.5, 0.6) is 0 Å². The Labute approximate surface area is 89.9 Å². The Morgan fingerprint density at radius 1 is 1.47 bits per heavy atom. The lowest BCUT2D eigenvalue weighted by Crippen LogP contribution is -2.37. The van der Waals surface area contributed by atoms with Gasteiger partial charge in [0.1, 0.15) is 5.82 Å². The number of rotatable bonds is 5. The summed E-state index contributed by atoms with van der Waals surface area (Å²) in [5, 5.41) is 5.54. The van der Waals surface area contributed by atoms with Crippen LogP contribution in [0.3, 0.4) is 0 Å². The Bertz CT molecular complexity index is 308. The number of imidazole rings is 1. The van der Waals surface area contributed by atoms with Crippen LogP contribution in [0, 0.1) is 6.92 Å². The average Bonchev–Trinajstić information content (AvgIpc) is 2.61. The van der Waals surface area contributed by atoms with Gasteiger partial charge in [0.05, 0.1) is 0 Å². The molecule has 1 heterocycles. The average molecular weight is 210 g/mol. The fourth-order valence-corrected chi connectivity index (χ4v) is 1.23. The maximum atomic E-state index is 11.2. The van der Waals surface area contributed by atoms with Gasteiger partial charge in [-0.2, -0.15) is 0 Å². The normalized spacial score (nSPS) is 10.0. The number of aryl methyl sites for hydroxylation is 1. The van der Waals surface area contributed by atoms with E-state index in [2.05, 4.69) is 15.6 Å². The van der Waals surface area contributed by atoms with Gasteiger partial charge in [-0.05, 0) is 13.3 Å². The van der Waals surface area contributed by atoms with Crippen molar-refractivity contribution in [3.8, 4) is 0 Å². The fraction of sp³-hybridized carbons (Fsp3) is 0.600. The molecule has 0 bridgehead atoms. The molecule has 1 aromatic heterocycles. The molecule has 0 radical (unpaired) electrons. The van der Waals surface area contributed by atoms with E-state index >= 15 is 0 Å². The Morgan fingerprint density at radius 3 is 2.80 bits per heavy atom. The topological polar surface area (TPSA) is 59.0 Å². The number of hydrogen-bond donors (Lipinski definition) is 2. The van der Waals surface area contributed by atoms with E-state index in [1.165, 1.54) is 0 Å². The predicted molar refractivity (Wildman–Crippen MR) is 58.7 cm³/mol. The van der Waals surface area contributed by atoms with Crippen molar-refractivity contribution >= 4 is 6.03 Å². The predicted octanol–water partition coefficient (Wildman–Crippen LogP) is 0.901. The Balaban J connectivity index is 2.16. The molecular formula is C10H18N4O. The van der Waals surface area contributed by atoms with E-state index in [-0.39, 0.29) is 6.03 Å². The molecule has 0 spiro atoms. The van der Waals surface area contributed by atoms with Crippen LogP contribution in [-0.2, 0) is 6.54 Å². The first-order chi connectivity index (χ1) is 7.24. The molecule has 1 rings (SSSR count). The zero-order valence-electron chi connectivity index (χ0n) is 9.29. The molecule has 1 aromatic rings. The second-order valence-corrected chi connectivity index (χ2v) is 3.35. The van der Waals surface area contributed by atoms with Crippen molar-refractivity contribution < 1.29 is 4.79 Å². The summed E-state index contributed by atoms with van der Waals surface area (Å²) < 4.78 is 2.00. The number of nitrogens with one attached hydrogen (secondary N) is 2. The van der Waals surface area contributed by atoms with Crippen LogP contribution in [0.2, 0.25) is 0 Å². The van der Waals surface area contributed by atoms with Gasteiger partial charge in [-0.1, -0.05) is 6.92 Å². The van der Waals surface area contributed by atoms with Gasteiger partial charge >= 0.3 is 6.03 Å². The van der Waals surface area contributed by atoms with Gasteiger partial charge in [0.2, 0.25) is 0 Å². The molecule has 0 aliphatic heterocycles. The summed E-state index contributed by atoms with van der Waals surface area (Å²) in [6, 6.07) is -0.102. The zero-order valence-corrected chi connectivity index (χ0v) is 9.29. The summed E-state index contributed by atoms with van der Waals surface area (Å²) in [7, 11) is 0. The third-order valence-corrected chi connectivity index (χ3v) is 2.10. The van der Waals surface area contributed by atoms with Crippen LogP contribution in [0.15, 0.2) is 12.4 Å². The second-order valence-electron chi connectivity index (χ2n) is 3.35. The number of amides is 2. The van der Waals surface area contributed by atoms with Crippen LogP contribution >= 0.6 is 0 Å². The number of carbonyl (C=O) groups excluding carboxylic acids is 1. The maximum absolute atomic E-state index is 11.2. The van der Waals surface area contributed by atoms with Crippen molar-refractivity contribution in [1.29, 1.82) is 0 Å². The third-order valence-electron chi connectivity index (χ3n) is 2.10.